The van der Waals surface area contributed by atoms with Gasteiger partial charge in [0.1, 0.15) is 5.75 Å². The van der Waals surface area contributed by atoms with Crippen molar-refractivity contribution < 1.29 is 10.2 Å². The number of phenolic OH excluding ortho intramolecular Hbond substituents is 1. The zero-order chi connectivity index (χ0) is 11.2. The van der Waals surface area contributed by atoms with Crippen LogP contribution in [0.15, 0.2) is 12.1 Å². The van der Waals surface area contributed by atoms with Crippen molar-refractivity contribution in [2.24, 2.45) is 0 Å². The first kappa shape index (κ1) is 10.3. The third-order valence-electron chi connectivity index (χ3n) is 3.03. The number of phenols is 1. The Hall–Kier alpha value is -1.22. The van der Waals surface area contributed by atoms with Gasteiger partial charge in [-0.15, -0.1) is 0 Å². The summed E-state index contributed by atoms with van der Waals surface area (Å²) in [6.45, 7) is 4.30. The molecule has 0 spiro atoms. The first-order valence-corrected chi connectivity index (χ1v) is 5.20. The lowest BCUT2D eigenvalue weighted by Gasteiger charge is -2.21. The largest absolute Gasteiger partial charge is 0.507 e. The van der Waals surface area contributed by atoms with Crippen LogP contribution in [0.25, 0.3) is 0 Å². The SMILES string of the molecule is CN1CCc2c1ccc(C(C)(C)O)c2O. The van der Waals surface area contributed by atoms with E-state index in [0.29, 0.717) is 5.56 Å². The molecule has 3 heteroatoms. The van der Waals surface area contributed by atoms with Crippen molar-refractivity contribution in [3.63, 3.8) is 0 Å². The zero-order valence-electron chi connectivity index (χ0n) is 9.41. The van der Waals surface area contributed by atoms with Gasteiger partial charge in [0.2, 0.25) is 0 Å². The second-order valence-corrected chi connectivity index (χ2v) is 4.69. The van der Waals surface area contributed by atoms with Crippen molar-refractivity contribution in [2.75, 3.05) is 18.5 Å². The molecule has 1 aliphatic rings. The van der Waals surface area contributed by atoms with E-state index in [2.05, 4.69) is 4.90 Å². The molecule has 0 aromatic heterocycles. The van der Waals surface area contributed by atoms with Gasteiger partial charge in [0, 0.05) is 30.4 Å². The molecule has 0 amide bonds. The van der Waals surface area contributed by atoms with Crippen LogP contribution in [0.3, 0.4) is 0 Å². The lowest BCUT2D eigenvalue weighted by atomic mass is 9.94. The van der Waals surface area contributed by atoms with E-state index in [0.717, 1.165) is 24.2 Å². The van der Waals surface area contributed by atoms with Crippen LogP contribution in [0, 0.1) is 0 Å². The summed E-state index contributed by atoms with van der Waals surface area (Å²) in [6.07, 6.45) is 0.849. The fraction of sp³-hybridized carbons (Fsp3) is 0.500. The fourth-order valence-corrected chi connectivity index (χ4v) is 2.12. The minimum Gasteiger partial charge on any atom is -0.507 e. The average molecular weight is 207 g/mol. The van der Waals surface area contributed by atoms with Crippen LogP contribution in [0.5, 0.6) is 5.75 Å². The summed E-state index contributed by atoms with van der Waals surface area (Å²) in [5, 5.41) is 20.0. The molecule has 1 aliphatic heterocycles. The molecule has 1 aromatic rings. The number of anilines is 1. The van der Waals surface area contributed by atoms with Gasteiger partial charge in [-0.25, -0.2) is 0 Å². The van der Waals surface area contributed by atoms with Crippen molar-refractivity contribution in [3.8, 4) is 5.75 Å². The lowest BCUT2D eigenvalue weighted by Crippen LogP contribution is -2.16. The minimum absolute atomic E-state index is 0.254. The number of aromatic hydroxyl groups is 1. The highest BCUT2D eigenvalue weighted by Crippen LogP contribution is 2.39. The third-order valence-corrected chi connectivity index (χ3v) is 3.03. The first-order valence-electron chi connectivity index (χ1n) is 5.20. The summed E-state index contributed by atoms with van der Waals surface area (Å²) in [5.74, 6) is 0.254. The topological polar surface area (TPSA) is 43.7 Å². The molecule has 0 aliphatic carbocycles. The number of hydrogen-bond acceptors (Lipinski definition) is 3. The number of likely N-dealkylation sites (N-methyl/N-ethyl adjacent to an activating group) is 1. The quantitative estimate of drug-likeness (QED) is 0.735. The summed E-state index contributed by atoms with van der Waals surface area (Å²) >= 11 is 0. The van der Waals surface area contributed by atoms with Gasteiger partial charge >= 0.3 is 0 Å². The number of benzene rings is 1. The highest BCUT2D eigenvalue weighted by Gasteiger charge is 2.26. The Morgan fingerprint density at radius 2 is 2.00 bits per heavy atom. The predicted molar refractivity (Wildman–Crippen MR) is 60.3 cm³/mol. The van der Waals surface area contributed by atoms with Gasteiger partial charge in [0.25, 0.3) is 0 Å². The minimum atomic E-state index is -0.986. The highest BCUT2D eigenvalue weighted by molar-refractivity contribution is 5.65. The van der Waals surface area contributed by atoms with E-state index in [1.807, 2.05) is 13.1 Å². The van der Waals surface area contributed by atoms with E-state index in [4.69, 9.17) is 0 Å². The Kier molecular flexibility index (Phi) is 2.15. The molecule has 0 radical (unpaired) electrons. The van der Waals surface area contributed by atoms with Gasteiger partial charge in [-0.05, 0) is 26.3 Å². The van der Waals surface area contributed by atoms with Gasteiger partial charge in [-0.1, -0.05) is 6.07 Å². The van der Waals surface area contributed by atoms with E-state index < -0.39 is 5.60 Å². The van der Waals surface area contributed by atoms with Crippen molar-refractivity contribution >= 4 is 5.69 Å². The standard InChI is InChI=1S/C12H17NO2/c1-12(2,15)9-4-5-10-8(11(9)14)6-7-13(10)3/h4-5,14-15H,6-7H2,1-3H3. The van der Waals surface area contributed by atoms with Crippen molar-refractivity contribution in [1.29, 1.82) is 0 Å². The van der Waals surface area contributed by atoms with E-state index in [9.17, 15) is 10.2 Å². The molecule has 1 aromatic carbocycles. The smallest absolute Gasteiger partial charge is 0.126 e. The van der Waals surface area contributed by atoms with Crippen LogP contribution >= 0.6 is 0 Å². The van der Waals surface area contributed by atoms with Crippen LogP contribution in [-0.4, -0.2) is 23.8 Å². The first-order chi connectivity index (χ1) is 6.91. The van der Waals surface area contributed by atoms with Gasteiger partial charge in [-0.2, -0.15) is 0 Å². The Balaban J connectivity index is 2.56. The number of hydrogen-bond donors (Lipinski definition) is 2. The second-order valence-electron chi connectivity index (χ2n) is 4.69. The molecular formula is C12H17NO2. The molecule has 0 unspecified atom stereocenters. The molecule has 0 saturated heterocycles. The monoisotopic (exact) mass is 207 g/mol. The molecule has 0 fully saturated rings. The molecule has 15 heavy (non-hydrogen) atoms. The molecule has 0 bridgehead atoms. The van der Waals surface area contributed by atoms with Crippen LogP contribution in [0.2, 0.25) is 0 Å². The summed E-state index contributed by atoms with van der Waals surface area (Å²) in [5.41, 5.74) is 1.65. The average Bonchev–Trinajstić information content (AvgIpc) is 2.47. The van der Waals surface area contributed by atoms with Crippen molar-refractivity contribution in [1.82, 2.24) is 0 Å². The van der Waals surface area contributed by atoms with Crippen LogP contribution in [-0.2, 0) is 12.0 Å². The van der Waals surface area contributed by atoms with Gasteiger partial charge in [-0.3, -0.25) is 0 Å². The number of rotatable bonds is 1. The normalized spacial score (nSPS) is 15.6. The maximum atomic E-state index is 10.1. The summed E-state index contributed by atoms with van der Waals surface area (Å²) in [4.78, 5) is 2.11. The molecule has 1 heterocycles. The van der Waals surface area contributed by atoms with E-state index in [-0.39, 0.29) is 5.75 Å². The Bertz CT molecular complexity index is 393. The lowest BCUT2D eigenvalue weighted by molar-refractivity contribution is 0.0757. The van der Waals surface area contributed by atoms with Gasteiger partial charge in [0.05, 0.1) is 5.60 Å². The summed E-state index contributed by atoms with van der Waals surface area (Å²) in [6, 6.07) is 3.77. The molecule has 82 valence electrons. The Morgan fingerprint density at radius 3 is 2.60 bits per heavy atom. The zero-order valence-corrected chi connectivity index (χ0v) is 9.41. The Morgan fingerprint density at radius 1 is 1.33 bits per heavy atom. The fourth-order valence-electron chi connectivity index (χ4n) is 2.12. The predicted octanol–water partition coefficient (Wildman–Crippen LogP) is 1.61. The van der Waals surface area contributed by atoms with Gasteiger partial charge < -0.3 is 15.1 Å². The molecule has 2 N–H and O–H groups in total. The maximum absolute atomic E-state index is 10.1. The molecule has 0 saturated carbocycles. The van der Waals surface area contributed by atoms with E-state index in [1.165, 1.54) is 0 Å². The van der Waals surface area contributed by atoms with Crippen LogP contribution < -0.4 is 4.90 Å². The highest BCUT2D eigenvalue weighted by atomic mass is 16.3. The maximum Gasteiger partial charge on any atom is 0.126 e. The second kappa shape index (κ2) is 3.14. The van der Waals surface area contributed by atoms with E-state index >= 15 is 0 Å². The summed E-state index contributed by atoms with van der Waals surface area (Å²) in [7, 11) is 2.01. The Labute approximate surface area is 90.0 Å². The molecule has 0 atom stereocenters. The molecular weight excluding hydrogens is 190 g/mol. The van der Waals surface area contributed by atoms with Crippen LogP contribution in [0.1, 0.15) is 25.0 Å². The van der Waals surface area contributed by atoms with Crippen LogP contribution in [0.4, 0.5) is 5.69 Å². The van der Waals surface area contributed by atoms with Crippen molar-refractivity contribution in [2.45, 2.75) is 25.9 Å². The van der Waals surface area contributed by atoms with Gasteiger partial charge in [0.15, 0.2) is 0 Å². The summed E-state index contributed by atoms with van der Waals surface area (Å²) < 4.78 is 0. The number of nitrogens with zero attached hydrogens (tertiary/aromatic N) is 1. The molecule has 2 rings (SSSR count). The molecule has 3 nitrogen and oxygen atoms in total. The number of aliphatic hydroxyl groups is 1. The van der Waals surface area contributed by atoms with E-state index in [1.54, 1.807) is 19.9 Å². The van der Waals surface area contributed by atoms with Crippen molar-refractivity contribution in [3.05, 3.63) is 23.3 Å². The number of fused-ring (bicyclic) bond motifs is 1. The third kappa shape index (κ3) is 1.57.